The number of anilines is 1. The van der Waals surface area contributed by atoms with Crippen molar-refractivity contribution in [1.82, 2.24) is 29.8 Å². The summed E-state index contributed by atoms with van der Waals surface area (Å²) in [5.74, 6) is 1.85. The van der Waals surface area contributed by atoms with E-state index in [0.29, 0.717) is 11.3 Å². The molecule has 11 heteroatoms. The van der Waals surface area contributed by atoms with Crippen LogP contribution < -0.4 is 20.5 Å². The molecule has 0 bridgehead atoms. The van der Waals surface area contributed by atoms with Gasteiger partial charge in [0.1, 0.15) is 11.3 Å². The van der Waals surface area contributed by atoms with E-state index in [1.165, 1.54) is 19.2 Å². The first-order chi connectivity index (χ1) is 16.3. The Morgan fingerprint density at radius 2 is 2.03 bits per heavy atom. The van der Waals surface area contributed by atoms with Crippen molar-refractivity contribution in [2.45, 2.75) is 48.3 Å². The summed E-state index contributed by atoms with van der Waals surface area (Å²) in [6.07, 6.45) is 8.03. The average Bonchev–Trinajstić information content (AvgIpc) is 3.18. The molecule has 1 saturated carbocycles. The SMILES string of the molecule is Nc1ncnc2c1nc(Sc1cc3c(cc1-c1nccs1)OCO3)n2CCCCNC1CC1. The van der Waals surface area contributed by atoms with E-state index in [1.807, 2.05) is 17.5 Å². The molecule has 0 radical (unpaired) electrons. The number of hydrogen-bond donors (Lipinski definition) is 2. The fourth-order valence-electron chi connectivity index (χ4n) is 3.83. The number of rotatable bonds is 9. The molecule has 4 heterocycles. The van der Waals surface area contributed by atoms with Gasteiger partial charge in [-0.25, -0.2) is 19.9 Å². The summed E-state index contributed by atoms with van der Waals surface area (Å²) < 4.78 is 13.4. The molecule has 1 fully saturated rings. The van der Waals surface area contributed by atoms with Crippen LogP contribution in [0.4, 0.5) is 5.82 Å². The lowest BCUT2D eigenvalue weighted by Crippen LogP contribution is -2.17. The first-order valence-electron chi connectivity index (χ1n) is 11.0. The second-order valence-electron chi connectivity index (χ2n) is 8.05. The Labute approximate surface area is 198 Å². The quantitative estimate of drug-likeness (QED) is 0.343. The molecule has 2 aliphatic rings. The normalized spacial score (nSPS) is 14.9. The first kappa shape index (κ1) is 20.7. The molecule has 0 unspecified atom stereocenters. The number of unbranched alkanes of at least 4 members (excludes halogenated alkanes) is 1. The topological polar surface area (TPSA) is 113 Å². The Hall–Kier alpha value is -2.89. The number of aromatic nitrogens is 5. The molecule has 4 aromatic rings. The molecule has 9 nitrogen and oxygen atoms in total. The summed E-state index contributed by atoms with van der Waals surface area (Å²) in [6.45, 7) is 2.06. The van der Waals surface area contributed by atoms with Crippen LogP contribution in [0.15, 0.2) is 40.1 Å². The first-order valence-corrected chi connectivity index (χ1v) is 12.7. The highest BCUT2D eigenvalue weighted by Gasteiger charge is 2.23. The number of benzene rings is 1. The summed E-state index contributed by atoms with van der Waals surface area (Å²) >= 11 is 3.15. The summed E-state index contributed by atoms with van der Waals surface area (Å²) in [6, 6.07) is 4.73. The van der Waals surface area contributed by atoms with Gasteiger partial charge in [0, 0.05) is 34.6 Å². The van der Waals surface area contributed by atoms with Gasteiger partial charge < -0.3 is 25.1 Å². The molecule has 1 aromatic carbocycles. The predicted molar refractivity (Wildman–Crippen MR) is 128 cm³/mol. The molecule has 0 atom stereocenters. The largest absolute Gasteiger partial charge is 0.454 e. The molecule has 6 rings (SSSR count). The molecular weight excluding hydrogens is 458 g/mol. The third-order valence-corrected chi connectivity index (χ3v) is 7.54. The molecule has 3 N–H and O–H groups in total. The van der Waals surface area contributed by atoms with Crippen LogP contribution >= 0.6 is 23.1 Å². The molecule has 0 spiro atoms. The number of nitrogens with one attached hydrogen (secondary N) is 1. The molecule has 170 valence electrons. The average molecular weight is 482 g/mol. The molecule has 1 aliphatic heterocycles. The molecule has 0 amide bonds. The van der Waals surface area contributed by atoms with Crippen molar-refractivity contribution >= 4 is 40.1 Å². The van der Waals surface area contributed by atoms with Gasteiger partial charge in [0.25, 0.3) is 0 Å². The zero-order valence-electron chi connectivity index (χ0n) is 17.9. The van der Waals surface area contributed by atoms with Gasteiger partial charge in [0.15, 0.2) is 33.6 Å². The Balaban J connectivity index is 1.33. The van der Waals surface area contributed by atoms with Crippen LogP contribution in [0.25, 0.3) is 21.7 Å². The van der Waals surface area contributed by atoms with Gasteiger partial charge >= 0.3 is 0 Å². The van der Waals surface area contributed by atoms with E-state index < -0.39 is 0 Å². The Morgan fingerprint density at radius 3 is 2.85 bits per heavy atom. The van der Waals surface area contributed by atoms with Crippen LogP contribution in [0.2, 0.25) is 0 Å². The van der Waals surface area contributed by atoms with Crippen LogP contribution in [0.5, 0.6) is 11.5 Å². The fraction of sp³-hybridized carbons (Fsp3) is 0.364. The minimum atomic E-state index is 0.223. The van der Waals surface area contributed by atoms with Crippen LogP contribution in [0, 0.1) is 0 Å². The number of nitrogens with two attached hydrogens (primary N) is 1. The Bertz CT molecular complexity index is 1290. The zero-order chi connectivity index (χ0) is 22.2. The Morgan fingerprint density at radius 1 is 1.15 bits per heavy atom. The lowest BCUT2D eigenvalue weighted by atomic mass is 10.2. The van der Waals surface area contributed by atoms with E-state index in [1.54, 1.807) is 29.3 Å². The van der Waals surface area contributed by atoms with Crippen LogP contribution in [0.3, 0.4) is 0 Å². The summed E-state index contributed by atoms with van der Waals surface area (Å²) in [5.41, 5.74) is 8.52. The lowest BCUT2D eigenvalue weighted by molar-refractivity contribution is 0.174. The zero-order valence-corrected chi connectivity index (χ0v) is 19.5. The predicted octanol–water partition coefficient (Wildman–Crippen LogP) is 3.94. The minimum absolute atomic E-state index is 0.223. The molecule has 3 aromatic heterocycles. The Kier molecular flexibility index (Phi) is 5.52. The fourth-order valence-corrected chi connectivity index (χ4v) is 5.62. The summed E-state index contributed by atoms with van der Waals surface area (Å²) in [4.78, 5) is 19.0. The van der Waals surface area contributed by atoms with Crippen LogP contribution in [0.1, 0.15) is 25.7 Å². The van der Waals surface area contributed by atoms with Crippen molar-refractivity contribution < 1.29 is 9.47 Å². The van der Waals surface area contributed by atoms with E-state index in [4.69, 9.17) is 20.2 Å². The molecule has 33 heavy (non-hydrogen) atoms. The number of hydrogen-bond acceptors (Lipinski definition) is 10. The third-order valence-electron chi connectivity index (χ3n) is 5.68. The smallest absolute Gasteiger partial charge is 0.231 e. The highest BCUT2D eigenvalue weighted by molar-refractivity contribution is 7.99. The second kappa shape index (κ2) is 8.81. The summed E-state index contributed by atoms with van der Waals surface area (Å²) in [7, 11) is 0. The van der Waals surface area contributed by atoms with Gasteiger partial charge in [-0.2, -0.15) is 0 Å². The van der Waals surface area contributed by atoms with Crippen molar-refractivity contribution in [2.75, 3.05) is 19.1 Å². The van der Waals surface area contributed by atoms with Gasteiger partial charge in [0.05, 0.1) is 0 Å². The second-order valence-corrected chi connectivity index (χ2v) is 9.96. The maximum atomic E-state index is 6.14. The maximum absolute atomic E-state index is 6.14. The number of fused-ring (bicyclic) bond motifs is 2. The number of nitrogens with zero attached hydrogens (tertiary/aromatic N) is 5. The van der Waals surface area contributed by atoms with Gasteiger partial charge in [0.2, 0.25) is 6.79 Å². The van der Waals surface area contributed by atoms with E-state index in [-0.39, 0.29) is 6.79 Å². The maximum Gasteiger partial charge on any atom is 0.231 e. The van der Waals surface area contributed by atoms with Crippen molar-refractivity contribution in [3.05, 3.63) is 30.0 Å². The van der Waals surface area contributed by atoms with E-state index in [0.717, 1.165) is 69.7 Å². The van der Waals surface area contributed by atoms with Gasteiger partial charge in [-0.3, -0.25) is 0 Å². The standard InChI is InChI=1S/C22H23N7O2S2/c23-19-18-20(27-11-26-19)29(7-2-1-5-24-13-3-4-13)22(28-18)33-17-10-16-15(30-12-31-16)9-14(17)21-25-6-8-32-21/h6,8-11,13,24H,1-5,7,12H2,(H2,23,26,27). The number of imidazole rings is 1. The van der Waals surface area contributed by atoms with E-state index in [2.05, 4.69) is 24.8 Å². The van der Waals surface area contributed by atoms with Crippen LogP contribution in [-0.4, -0.2) is 43.9 Å². The summed E-state index contributed by atoms with van der Waals surface area (Å²) in [5, 5.41) is 7.29. The van der Waals surface area contributed by atoms with Gasteiger partial charge in [-0.05, 0) is 44.4 Å². The monoisotopic (exact) mass is 481 g/mol. The minimum Gasteiger partial charge on any atom is -0.454 e. The molecule has 1 aliphatic carbocycles. The van der Waals surface area contributed by atoms with Gasteiger partial charge in [-0.1, -0.05) is 11.8 Å². The highest BCUT2D eigenvalue weighted by Crippen LogP contribution is 2.45. The molecule has 0 saturated heterocycles. The van der Waals surface area contributed by atoms with Crippen molar-refractivity contribution in [1.29, 1.82) is 0 Å². The third kappa shape index (κ3) is 4.23. The highest BCUT2D eigenvalue weighted by atomic mass is 32.2. The lowest BCUT2D eigenvalue weighted by Gasteiger charge is -2.11. The van der Waals surface area contributed by atoms with E-state index in [9.17, 15) is 0 Å². The van der Waals surface area contributed by atoms with Crippen molar-refractivity contribution in [2.24, 2.45) is 0 Å². The van der Waals surface area contributed by atoms with Gasteiger partial charge in [-0.15, -0.1) is 11.3 Å². The van der Waals surface area contributed by atoms with Crippen molar-refractivity contribution in [3.8, 4) is 22.1 Å². The van der Waals surface area contributed by atoms with Crippen LogP contribution in [-0.2, 0) is 6.54 Å². The number of ether oxygens (including phenoxy) is 2. The molecular formula is C22H23N7O2S2. The number of aryl methyl sites for hydroxylation is 1. The number of nitrogen functional groups attached to an aromatic ring is 1. The van der Waals surface area contributed by atoms with Crippen molar-refractivity contribution in [3.63, 3.8) is 0 Å². The van der Waals surface area contributed by atoms with E-state index >= 15 is 0 Å². The number of thiazole rings is 1.